The van der Waals surface area contributed by atoms with E-state index in [1.165, 1.54) is 0 Å². The highest BCUT2D eigenvalue weighted by Crippen LogP contribution is 2.14. The molecule has 118 valence electrons. The third kappa shape index (κ3) is 5.83. The number of aliphatic hydroxyl groups excluding tert-OH is 2. The van der Waals surface area contributed by atoms with Gasteiger partial charge in [-0.15, -0.1) is 0 Å². The zero-order chi connectivity index (χ0) is 15.7. The molecule has 0 aromatic heterocycles. The molecule has 8 nitrogen and oxygen atoms in total. The molecule has 0 heterocycles. The van der Waals surface area contributed by atoms with Crippen molar-refractivity contribution in [1.29, 1.82) is 0 Å². The molecular formula is C12H22O8. The largest absolute Gasteiger partial charge is 0.479 e. The number of rotatable bonds is 11. The molecule has 20 heavy (non-hydrogen) atoms. The predicted molar refractivity (Wildman–Crippen MR) is 67.3 cm³/mol. The van der Waals surface area contributed by atoms with E-state index in [0.29, 0.717) is 12.8 Å². The Bertz CT molecular complexity index is 306. The van der Waals surface area contributed by atoms with E-state index in [2.05, 4.69) is 0 Å². The van der Waals surface area contributed by atoms with Crippen LogP contribution in [0.4, 0.5) is 0 Å². The Morgan fingerprint density at radius 1 is 0.950 bits per heavy atom. The number of hydrogen-bond donors (Lipinski definition) is 4. The molecule has 0 bridgehead atoms. The summed E-state index contributed by atoms with van der Waals surface area (Å²) in [4.78, 5) is 21.8. The fourth-order valence-electron chi connectivity index (χ4n) is 1.50. The molecule has 0 amide bonds. The number of carbonyl (C=O) groups is 2. The number of aliphatic carboxylic acids is 2. The monoisotopic (exact) mass is 294 g/mol. The Balaban J connectivity index is 5.05. The molecule has 0 aliphatic heterocycles. The fraction of sp³-hybridized carbons (Fsp3) is 0.833. The highest BCUT2D eigenvalue weighted by molar-refractivity contribution is 5.75. The first kappa shape index (κ1) is 18.8. The molecule has 4 N–H and O–H groups in total. The lowest BCUT2D eigenvalue weighted by Crippen LogP contribution is -2.52. The van der Waals surface area contributed by atoms with Gasteiger partial charge in [-0.3, -0.25) is 0 Å². The summed E-state index contributed by atoms with van der Waals surface area (Å²) in [6.45, 7) is 3.75. The summed E-state index contributed by atoms with van der Waals surface area (Å²) < 4.78 is 10.2. The van der Waals surface area contributed by atoms with Crippen molar-refractivity contribution in [2.75, 3.05) is 13.2 Å². The molecule has 0 fully saturated rings. The second-order valence-corrected chi connectivity index (χ2v) is 4.24. The van der Waals surface area contributed by atoms with Crippen molar-refractivity contribution in [2.24, 2.45) is 0 Å². The molecule has 8 heteroatoms. The van der Waals surface area contributed by atoms with Crippen molar-refractivity contribution in [2.45, 2.75) is 51.1 Å². The third-order valence-electron chi connectivity index (χ3n) is 2.47. The molecule has 0 aliphatic carbocycles. The summed E-state index contributed by atoms with van der Waals surface area (Å²) in [6.07, 6.45) is -5.99. The second kappa shape index (κ2) is 9.65. The molecule has 0 unspecified atom stereocenters. The van der Waals surface area contributed by atoms with Crippen LogP contribution >= 0.6 is 0 Å². The lowest BCUT2D eigenvalue weighted by Gasteiger charge is -2.29. The lowest BCUT2D eigenvalue weighted by molar-refractivity contribution is -0.186. The van der Waals surface area contributed by atoms with Gasteiger partial charge in [0.15, 0.2) is 12.2 Å². The van der Waals surface area contributed by atoms with Crippen LogP contribution in [-0.4, -0.2) is 70.0 Å². The molecule has 0 spiro atoms. The molecule has 0 aromatic rings. The molecule has 0 radical (unpaired) electrons. The Morgan fingerprint density at radius 3 is 1.85 bits per heavy atom. The standard InChI is InChI=1S/C12H22O8/c1-3-5-19-9(7(13)8(14)11(15)16)10(12(17)18)20-6-4-2/h7-10,13-14H,3-6H2,1-2H3,(H,15,16)(H,17,18)/t7-,8+,9+,10-/m1/s1. The zero-order valence-corrected chi connectivity index (χ0v) is 11.6. The molecule has 4 atom stereocenters. The van der Waals surface area contributed by atoms with E-state index in [1.54, 1.807) is 13.8 Å². The lowest BCUT2D eigenvalue weighted by atomic mass is 10.0. The fourth-order valence-corrected chi connectivity index (χ4v) is 1.50. The summed E-state index contributed by atoms with van der Waals surface area (Å²) in [5.74, 6) is -3.06. The molecule has 0 aliphatic rings. The molecule has 0 aromatic carbocycles. The average molecular weight is 294 g/mol. The van der Waals surface area contributed by atoms with E-state index in [9.17, 15) is 19.8 Å². The van der Waals surface area contributed by atoms with Crippen LogP contribution in [0.3, 0.4) is 0 Å². The van der Waals surface area contributed by atoms with Crippen LogP contribution in [0.2, 0.25) is 0 Å². The Hall–Kier alpha value is -1.22. The average Bonchev–Trinajstić information content (AvgIpc) is 2.40. The third-order valence-corrected chi connectivity index (χ3v) is 2.47. The van der Waals surface area contributed by atoms with Gasteiger partial charge in [-0.1, -0.05) is 13.8 Å². The molecule has 0 saturated carbocycles. The highest BCUT2D eigenvalue weighted by atomic mass is 16.6. The van der Waals surface area contributed by atoms with Crippen molar-refractivity contribution < 1.29 is 39.5 Å². The number of carboxylic acids is 2. The maximum absolute atomic E-state index is 11.2. The van der Waals surface area contributed by atoms with Crippen LogP contribution < -0.4 is 0 Å². The zero-order valence-electron chi connectivity index (χ0n) is 11.6. The summed E-state index contributed by atoms with van der Waals surface area (Å²) in [5.41, 5.74) is 0. The van der Waals surface area contributed by atoms with Crippen molar-refractivity contribution in [1.82, 2.24) is 0 Å². The summed E-state index contributed by atoms with van der Waals surface area (Å²) in [6, 6.07) is 0. The van der Waals surface area contributed by atoms with Crippen molar-refractivity contribution in [3.63, 3.8) is 0 Å². The van der Waals surface area contributed by atoms with Gasteiger partial charge in [-0.25, -0.2) is 9.59 Å². The van der Waals surface area contributed by atoms with Crippen LogP contribution in [-0.2, 0) is 19.1 Å². The van der Waals surface area contributed by atoms with Crippen LogP contribution in [0.15, 0.2) is 0 Å². The van der Waals surface area contributed by atoms with Crippen LogP contribution in [0.1, 0.15) is 26.7 Å². The SMILES string of the molecule is CCCO[C@@H]([C@H](O)[C@H](O)C(=O)O)[C@@H](OCCC)C(=O)O. The minimum atomic E-state index is -2.15. The van der Waals surface area contributed by atoms with Crippen molar-refractivity contribution >= 4 is 11.9 Å². The van der Waals surface area contributed by atoms with Gasteiger partial charge in [0.25, 0.3) is 0 Å². The first-order chi connectivity index (χ1) is 9.36. The Kier molecular flexibility index (Phi) is 9.06. The quantitative estimate of drug-likeness (QED) is 0.399. The maximum Gasteiger partial charge on any atom is 0.335 e. The van der Waals surface area contributed by atoms with E-state index in [4.69, 9.17) is 19.7 Å². The molecule has 0 rings (SSSR count). The van der Waals surface area contributed by atoms with Gasteiger partial charge in [-0.2, -0.15) is 0 Å². The van der Waals surface area contributed by atoms with Gasteiger partial charge >= 0.3 is 11.9 Å². The number of hydrogen-bond acceptors (Lipinski definition) is 6. The number of ether oxygens (including phenoxy) is 2. The van der Waals surface area contributed by atoms with E-state index in [1.807, 2.05) is 0 Å². The van der Waals surface area contributed by atoms with Gasteiger partial charge in [0.05, 0.1) is 0 Å². The minimum Gasteiger partial charge on any atom is -0.479 e. The second-order valence-electron chi connectivity index (χ2n) is 4.24. The molecular weight excluding hydrogens is 272 g/mol. The van der Waals surface area contributed by atoms with E-state index < -0.39 is 36.4 Å². The van der Waals surface area contributed by atoms with Gasteiger partial charge in [-0.05, 0) is 12.8 Å². The maximum atomic E-state index is 11.2. The topological polar surface area (TPSA) is 134 Å². The van der Waals surface area contributed by atoms with Crippen molar-refractivity contribution in [3.8, 4) is 0 Å². The van der Waals surface area contributed by atoms with Crippen LogP contribution in [0.25, 0.3) is 0 Å². The van der Waals surface area contributed by atoms with Crippen molar-refractivity contribution in [3.05, 3.63) is 0 Å². The Morgan fingerprint density at radius 2 is 1.45 bits per heavy atom. The van der Waals surface area contributed by atoms with Gasteiger partial charge < -0.3 is 29.9 Å². The first-order valence-corrected chi connectivity index (χ1v) is 6.41. The van der Waals surface area contributed by atoms with E-state index in [-0.39, 0.29) is 13.2 Å². The summed E-state index contributed by atoms with van der Waals surface area (Å²) in [7, 11) is 0. The van der Waals surface area contributed by atoms with E-state index in [0.717, 1.165) is 0 Å². The van der Waals surface area contributed by atoms with Gasteiger partial charge in [0.1, 0.15) is 12.2 Å². The predicted octanol–water partition coefficient (Wildman–Crippen LogP) is -0.532. The van der Waals surface area contributed by atoms with Crippen LogP contribution in [0, 0.1) is 0 Å². The molecule has 0 saturated heterocycles. The number of aliphatic hydroxyl groups is 2. The normalized spacial score (nSPS) is 17.2. The summed E-state index contributed by atoms with van der Waals surface area (Å²) >= 11 is 0. The van der Waals surface area contributed by atoms with Crippen LogP contribution in [0.5, 0.6) is 0 Å². The highest BCUT2D eigenvalue weighted by Gasteiger charge is 2.41. The van der Waals surface area contributed by atoms with Gasteiger partial charge in [0, 0.05) is 13.2 Å². The smallest absolute Gasteiger partial charge is 0.335 e. The van der Waals surface area contributed by atoms with E-state index >= 15 is 0 Å². The first-order valence-electron chi connectivity index (χ1n) is 6.41. The van der Waals surface area contributed by atoms with Gasteiger partial charge in [0.2, 0.25) is 0 Å². The number of carboxylic acid groups (broad SMARTS) is 2. The minimum absolute atomic E-state index is 0.104. The summed E-state index contributed by atoms with van der Waals surface area (Å²) in [5, 5.41) is 36.9. The Labute approximate surface area is 116 Å².